The van der Waals surface area contributed by atoms with Gasteiger partial charge in [-0.15, -0.1) is 0 Å². The molecule has 4 rings (SSSR count). The third kappa shape index (κ3) is 3.90. The first-order valence-corrected chi connectivity index (χ1v) is 10.0. The number of nitrogens with zero attached hydrogens (tertiary/aromatic N) is 2. The molecule has 0 saturated heterocycles. The number of hydrogen-bond acceptors (Lipinski definition) is 3. The molecule has 4 nitrogen and oxygen atoms in total. The van der Waals surface area contributed by atoms with Crippen molar-refractivity contribution in [3.63, 3.8) is 0 Å². The lowest BCUT2D eigenvalue weighted by atomic mass is 9.97. The highest BCUT2D eigenvalue weighted by Gasteiger charge is 2.27. The largest absolute Gasteiger partial charge is 0.350 e. The Kier molecular flexibility index (Phi) is 5.23. The number of aromatic nitrogens is 1. The van der Waals surface area contributed by atoms with Gasteiger partial charge in [0.1, 0.15) is 5.69 Å². The number of pyridine rings is 1. The predicted molar refractivity (Wildman–Crippen MR) is 109 cm³/mol. The zero-order valence-electron chi connectivity index (χ0n) is 15.9. The second-order valence-corrected chi connectivity index (χ2v) is 7.57. The van der Waals surface area contributed by atoms with Gasteiger partial charge in [-0.3, -0.25) is 9.78 Å². The van der Waals surface area contributed by atoms with Crippen molar-refractivity contribution in [2.24, 2.45) is 0 Å². The first-order chi connectivity index (χ1) is 13.2. The van der Waals surface area contributed by atoms with E-state index < -0.39 is 0 Å². The average molecular weight is 361 g/mol. The normalized spacial score (nSPS) is 18.8. The average Bonchev–Trinajstić information content (AvgIpc) is 3.04. The van der Waals surface area contributed by atoms with E-state index in [1.165, 1.54) is 42.5 Å². The molecule has 0 bridgehead atoms. The first-order valence-electron chi connectivity index (χ1n) is 10.0. The van der Waals surface area contributed by atoms with E-state index in [4.69, 9.17) is 0 Å². The molecule has 0 radical (unpaired) electrons. The van der Waals surface area contributed by atoms with Crippen LogP contribution in [-0.4, -0.2) is 23.5 Å². The van der Waals surface area contributed by atoms with E-state index in [9.17, 15) is 4.79 Å². The number of para-hydroxylation sites is 1. The third-order valence-corrected chi connectivity index (χ3v) is 5.58. The molecule has 1 aromatic heterocycles. The van der Waals surface area contributed by atoms with Crippen molar-refractivity contribution in [2.45, 2.75) is 51.5 Å². The first kappa shape index (κ1) is 17.8. The highest BCUT2D eigenvalue weighted by Crippen LogP contribution is 2.37. The van der Waals surface area contributed by atoms with Crippen molar-refractivity contribution in [1.29, 1.82) is 0 Å². The van der Waals surface area contributed by atoms with Gasteiger partial charge in [-0.1, -0.05) is 29.8 Å². The Morgan fingerprint density at radius 1 is 1.26 bits per heavy atom. The van der Waals surface area contributed by atoms with Crippen LogP contribution in [0, 0.1) is 0 Å². The molecule has 0 fully saturated rings. The molecule has 1 aliphatic carbocycles. The molecule has 1 N–H and O–H groups in total. The highest BCUT2D eigenvalue weighted by molar-refractivity contribution is 5.93. The van der Waals surface area contributed by atoms with Crippen LogP contribution in [0.15, 0.2) is 54.2 Å². The molecule has 2 heterocycles. The van der Waals surface area contributed by atoms with Crippen molar-refractivity contribution in [3.05, 3.63) is 65.5 Å². The van der Waals surface area contributed by atoms with E-state index in [1.54, 1.807) is 6.20 Å². The van der Waals surface area contributed by atoms with Crippen molar-refractivity contribution in [3.8, 4) is 0 Å². The van der Waals surface area contributed by atoms with E-state index in [0.717, 1.165) is 18.5 Å². The molecule has 0 spiro atoms. The Morgan fingerprint density at radius 3 is 3.00 bits per heavy atom. The quantitative estimate of drug-likeness (QED) is 0.779. The van der Waals surface area contributed by atoms with Crippen molar-refractivity contribution >= 4 is 17.3 Å². The van der Waals surface area contributed by atoms with Gasteiger partial charge in [-0.25, -0.2) is 0 Å². The molecule has 140 valence electrons. The summed E-state index contributed by atoms with van der Waals surface area (Å²) in [7, 11) is 0. The van der Waals surface area contributed by atoms with Gasteiger partial charge in [-0.05, 0) is 69.2 Å². The zero-order chi connectivity index (χ0) is 18.6. The van der Waals surface area contributed by atoms with Crippen LogP contribution in [0.1, 0.15) is 55.1 Å². The van der Waals surface area contributed by atoms with Crippen molar-refractivity contribution in [2.75, 3.05) is 11.4 Å². The lowest BCUT2D eigenvalue weighted by Gasteiger charge is -2.25. The van der Waals surface area contributed by atoms with Gasteiger partial charge in [0.15, 0.2) is 0 Å². The molecular formula is C23H27N3O. The van der Waals surface area contributed by atoms with Crippen LogP contribution in [-0.2, 0) is 6.42 Å². The molecule has 1 aromatic carbocycles. The third-order valence-electron chi connectivity index (χ3n) is 5.58. The maximum atomic E-state index is 12.6. The van der Waals surface area contributed by atoms with Gasteiger partial charge < -0.3 is 10.2 Å². The number of hydrogen-bond donors (Lipinski definition) is 1. The summed E-state index contributed by atoms with van der Waals surface area (Å²) < 4.78 is 0. The molecule has 1 aliphatic heterocycles. The summed E-state index contributed by atoms with van der Waals surface area (Å²) >= 11 is 0. The Labute approximate surface area is 161 Å². The fraction of sp³-hybridized carbons (Fsp3) is 0.391. The standard InChI is InChI=1S/C23H27N3O/c1-17-15-19-9-5-6-10-22(19)26(17)20-12-14-24-21(16-20)23(27)25-13-11-18-7-3-2-4-8-18/h5-7,9-10,12,14,16-17H,2-4,8,11,13,15H2,1H3,(H,25,27). The molecule has 4 heteroatoms. The van der Waals surface area contributed by atoms with E-state index >= 15 is 0 Å². The minimum atomic E-state index is -0.0894. The van der Waals surface area contributed by atoms with Crippen LogP contribution in [0.2, 0.25) is 0 Å². The Morgan fingerprint density at radius 2 is 2.15 bits per heavy atom. The van der Waals surface area contributed by atoms with Crippen molar-refractivity contribution in [1.82, 2.24) is 10.3 Å². The maximum absolute atomic E-state index is 12.6. The lowest BCUT2D eigenvalue weighted by molar-refractivity contribution is 0.0949. The molecule has 2 aliphatic rings. The molecule has 1 amide bonds. The number of rotatable bonds is 5. The summed E-state index contributed by atoms with van der Waals surface area (Å²) in [5.74, 6) is -0.0894. The van der Waals surface area contributed by atoms with E-state index in [0.29, 0.717) is 18.3 Å². The number of fused-ring (bicyclic) bond motifs is 1. The lowest BCUT2D eigenvalue weighted by Crippen LogP contribution is -2.27. The molecular weight excluding hydrogens is 334 g/mol. The smallest absolute Gasteiger partial charge is 0.269 e. The molecule has 2 aromatic rings. The van der Waals surface area contributed by atoms with E-state index in [2.05, 4.69) is 52.5 Å². The number of nitrogens with one attached hydrogen (secondary N) is 1. The number of anilines is 2. The molecule has 1 unspecified atom stereocenters. The summed E-state index contributed by atoms with van der Waals surface area (Å²) in [6.45, 7) is 2.90. The van der Waals surface area contributed by atoms with Crippen LogP contribution in [0.5, 0.6) is 0 Å². The second kappa shape index (κ2) is 7.95. The van der Waals surface area contributed by atoms with Gasteiger partial charge >= 0.3 is 0 Å². The maximum Gasteiger partial charge on any atom is 0.269 e. The monoisotopic (exact) mass is 361 g/mol. The number of carbonyl (C=O) groups is 1. The SMILES string of the molecule is CC1Cc2ccccc2N1c1ccnc(C(=O)NCCC2=CCCCC2)c1. The summed E-state index contributed by atoms with van der Waals surface area (Å²) in [5.41, 5.74) is 5.58. The minimum absolute atomic E-state index is 0.0894. The Bertz CT molecular complexity index is 858. The van der Waals surface area contributed by atoms with Crippen LogP contribution in [0.25, 0.3) is 0 Å². The fourth-order valence-electron chi connectivity index (χ4n) is 4.21. The van der Waals surface area contributed by atoms with Crippen LogP contribution < -0.4 is 10.2 Å². The van der Waals surface area contributed by atoms with Gasteiger partial charge in [0.2, 0.25) is 0 Å². The van der Waals surface area contributed by atoms with E-state index in [-0.39, 0.29) is 5.91 Å². The highest BCUT2D eigenvalue weighted by atomic mass is 16.1. The zero-order valence-corrected chi connectivity index (χ0v) is 15.9. The summed E-state index contributed by atoms with van der Waals surface area (Å²) in [4.78, 5) is 19.2. The minimum Gasteiger partial charge on any atom is -0.350 e. The molecule has 0 saturated carbocycles. The number of amides is 1. The Hall–Kier alpha value is -2.62. The summed E-state index contributed by atoms with van der Waals surface area (Å²) in [6, 6.07) is 12.8. The van der Waals surface area contributed by atoms with Gasteiger partial charge in [0.05, 0.1) is 0 Å². The van der Waals surface area contributed by atoms with Gasteiger partial charge in [0, 0.05) is 30.2 Å². The van der Waals surface area contributed by atoms with Crippen LogP contribution >= 0.6 is 0 Å². The van der Waals surface area contributed by atoms with Crippen molar-refractivity contribution < 1.29 is 4.79 Å². The molecule has 1 atom stereocenters. The van der Waals surface area contributed by atoms with Crippen LogP contribution in [0.3, 0.4) is 0 Å². The Balaban J connectivity index is 1.44. The fourth-order valence-corrected chi connectivity index (χ4v) is 4.21. The van der Waals surface area contributed by atoms with Gasteiger partial charge in [0.25, 0.3) is 5.91 Å². The predicted octanol–water partition coefficient (Wildman–Crippen LogP) is 4.78. The topological polar surface area (TPSA) is 45.2 Å². The molecule has 27 heavy (non-hydrogen) atoms. The van der Waals surface area contributed by atoms with Gasteiger partial charge in [-0.2, -0.15) is 0 Å². The summed E-state index contributed by atoms with van der Waals surface area (Å²) in [5, 5.41) is 3.03. The number of benzene rings is 1. The second-order valence-electron chi connectivity index (χ2n) is 7.57. The summed E-state index contributed by atoms with van der Waals surface area (Å²) in [6.07, 6.45) is 11.0. The van der Waals surface area contributed by atoms with E-state index in [1.807, 2.05) is 12.1 Å². The van der Waals surface area contributed by atoms with Crippen LogP contribution in [0.4, 0.5) is 11.4 Å². The number of carbonyl (C=O) groups excluding carboxylic acids is 1. The number of allylic oxidation sites excluding steroid dienone is 1.